The minimum atomic E-state index is -0.711. The van der Waals surface area contributed by atoms with Gasteiger partial charge in [0, 0.05) is 5.02 Å². The maximum Gasteiger partial charge on any atom is 0.291 e. The van der Waals surface area contributed by atoms with E-state index >= 15 is 0 Å². The summed E-state index contributed by atoms with van der Waals surface area (Å²) in [6, 6.07) is 11.6. The summed E-state index contributed by atoms with van der Waals surface area (Å²) in [6.07, 6.45) is 3.49. The summed E-state index contributed by atoms with van der Waals surface area (Å²) >= 11 is 6.34. The minimum Gasteiger partial charge on any atom is -0.490 e. The highest BCUT2D eigenvalue weighted by Gasteiger charge is 2.43. The van der Waals surface area contributed by atoms with Gasteiger partial charge >= 0.3 is 0 Å². The van der Waals surface area contributed by atoms with Gasteiger partial charge in [0.15, 0.2) is 16.9 Å². The van der Waals surface area contributed by atoms with Crippen molar-refractivity contribution in [2.24, 2.45) is 0 Å². The molecule has 2 aromatic carbocycles. The van der Waals surface area contributed by atoms with Crippen LogP contribution in [0.2, 0.25) is 5.02 Å². The molecule has 0 aliphatic carbocycles. The number of unbranched alkanes of at least 4 members (excludes halogenated alkanes) is 1. The molecule has 1 aliphatic heterocycles. The Balaban J connectivity index is 1.67. The van der Waals surface area contributed by atoms with E-state index in [9.17, 15) is 9.59 Å². The van der Waals surface area contributed by atoms with Crippen molar-refractivity contribution in [2.45, 2.75) is 46.2 Å². The molecule has 0 N–H and O–H groups in total. The first-order chi connectivity index (χ1) is 17.9. The van der Waals surface area contributed by atoms with Crippen LogP contribution in [0.15, 0.2) is 62.4 Å². The van der Waals surface area contributed by atoms with Gasteiger partial charge in [-0.25, -0.2) is 0 Å². The lowest BCUT2D eigenvalue weighted by Gasteiger charge is -2.25. The smallest absolute Gasteiger partial charge is 0.291 e. The van der Waals surface area contributed by atoms with Crippen molar-refractivity contribution >= 4 is 28.5 Å². The molecule has 5 rings (SSSR count). The van der Waals surface area contributed by atoms with Crippen LogP contribution in [0.25, 0.3) is 11.0 Å². The monoisotopic (exact) mass is 521 g/mol. The van der Waals surface area contributed by atoms with Crippen LogP contribution in [0.3, 0.4) is 0 Å². The van der Waals surface area contributed by atoms with E-state index in [0.717, 1.165) is 18.4 Å². The Bertz CT molecular complexity index is 1510. The Labute approximate surface area is 219 Å². The number of carbonyl (C=O) groups is 1. The van der Waals surface area contributed by atoms with Crippen LogP contribution in [-0.4, -0.2) is 24.0 Å². The number of aryl methyl sites for hydroxylation is 1. The summed E-state index contributed by atoms with van der Waals surface area (Å²) in [6.45, 7) is 6.99. The third-order valence-corrected chi connectivity index (χ3v) is 6.90. The molecule has 7 nitrogen and oxygen atoms in total. The van der Waals surface area contributed by atoms with Crippen LogP contribution in [-0.2, 0) is 6.54 Å². The summed E-state index contributed by atoms with van der Waals surface area (Å²) in [5.74, 6) is 1.40. The molecule has 8 heteroatoms. The average molecular weight is 522 g/mol. The van der Waals surface area contributed by atoms with Crippen molar-refractivity contribution in [2.75, 3.05) is 13.2 Å². The lowest BCUT2D eigenvalue weighted by molar-refractivity contribution is 0.0701. The molecule has 37 heavy (non-hydrogen) atoms. The van der Waals surface area contributed by atoms with Gasteiger partial charge in [-0.15, -0.1) is 0 Å². The molecule has 4 aromatic rings. The number of fused-ring (bicyclic) bond motifs is 2. The van der Waals surface area contributed by atoms with Gasteiger partial charge in [0.1, 0.15) is 11.3 Å². The Morgan fingerprint density at radius 1 is 1.05 bits per heavy atom. The van der Waals surface area contributed by atoms with E-state index in [2.05, 4.69) is 6.92 Å². The third-order valence-electron chi connectivity index (χ3n) is 6.49. The second-order valence-corrected chi connectivity index (χ2v) is 9.43. The normalized spacial score (nSPS) is 14.9. The van der Waals surface area contributed by atoms with E-state index in [1.807, 2.05) is 32.0 Å². The molecule has 1 amide bonds. The number of ether oxygens (including phenoxy) is 2. The van der Waals surface area contributed by atoms with Crippen LogP contribution in [0.5, 0.6) is 11.5 Å². The minimum absolute atomic E-state index is 0.0250. The molecule has 192 valence electrons. The lowest BCUT2D eigenvalue weighted by Crippen LogP contribution is -2.29. The molecule has 3 heterocycles. The fourth-order valence-electron chi connectivity index (χ4n) is 4.63. The zero-order valence-corrected chi connectivity index (χ0v) is 21.8. The number of benzene rings is 2. The van der Waals surface area contributed by atoms with Crippen molar-refractivity contribution in [3.63, 3.8) is 0 Å². The Morgan fingerprint density at radius 3 is 2.62 bits per heavy atom. The first-order valence-electron chi connectivity index (χ1n) is 12.4. The van der Waals surface area contributed by atoms with Crippen LogP contribution in [0.4, 0.5) is 0 Å². The van der Waals surface area contributed by atoms with E-state index in [1.54, 1.807) is 35.4 Å². The second kappa shape index (κ2) is 10.3. The molecule has 0 radical (unpaired) electrons. The Morgan fingerprint density at radius 2 is 1.89 bits per heavy atom. The number of carbonyl (C=O) groups excluding carboxylic acids is 1. The van der Waals surface area contributed by atoms with Crippen LogP contribution in [0, 0.1) is 6.92 Å². The Hall–Kier alpha value is -3.71. The van der Waals surface area contributed by atoms with E-state index in [4.69, 9.17) is 29.9 Å². The highest BCUT2D eigenvalue weighted by Crippen LogP contribution is 2.42. The largest absolute Gasteiger partial charge is 0.490 e. The lowest BCUT2D eigenvalue weighted by atomic mass is 9.97. The van der Waals surface area contributed by atoms with Gasteiger partial charge in [0.25, 0.3) is 5.91 Å². The number of nitrogens with zero attached hydrogens (tertiary/aromatic N) is 1. The number of rotatable bonds is 9. The number of hydrogen-bond acceptors (Lipinski definition) is 6. The first-order valence-corrected chi connectivity index (χ1v) is 12.8. The molecule has 0 fully saturated rings. The van der Waals surface area contributed by atoms with Gasteiger partial charge in [0.05, 0.1) is 43.0 Å². The standard InChI is InChI=1S/C29H28ClNO6/c1-4-6-11-36-22-10-9-18(14-24(22)34-5-2)26-25-27(32)20-15-21(30)17(3)13-23(20)37-28(25)29(33)31(26)16-19-8-7-12-35-19/h7-10,12-15,26H,4-6,11,16H2,1-3H3. The Kier molecular flexibility index (Phi) is 6.98. The van der Waals surface area contributed by atoms with Crippen LogP contribution >= 0.6 is 11.6 Å². The summed E-state index contributed by atoms with van der Waals surface area (Å²) in [4.78, 5) is 29.1. The number of amides is 1. The predicted molar refractivity (Wildman–Crippen MR) is 141 cm³/mol. The SMILES string of the molecule is CCCCOc1ccc(C2c3c(oc4cc(C)c(Cl)cc4c3=O)C(=O)N2Cc2ccco2)cc1OCC. The van der Waals surface area contributed by atoms with Crippen molar-refractivity contribution < 1.29 is 23.1 Å². The van der Waals surface area contributed by atoms with Crippen LogP contribution < -0.4 is 14.9 Å². The summed E-state index contributed by atoms with van der Waals surface area (Å²) in [7, 11) is 0. The molecule has 0 bridgehead atoms. The van der Waals surface area contributed by atoms with Crippen molar-refractivity contribution in [1.82, 2.24) is 4.90 Å². The van der Waals surface area contributed by atoms with E-state index < -0.39 is 6.04 Å². The highest BCUT2D eigenvalue weighted by molar-refractivity contribution is 6.32. The molecule has 0 saturated heterocycles. The van der Waals surface area contributed by atoms with E-state index in [0.29, 0.717) is 52.0 Å². The zero-order valence-electron chi connectivity index (χ0n) is 21.0. The third kappa shape index (κ3) is 4.60. The average Bonchev–Trinajstić information content (AvgIpc) is 3.49. The molecule has 1 atom stereocenters. The van der Waals surface area contributed by atoms with Crippen molar-refractivity contribution in [3.05, 3.63) is 92.2 Å². The highest BCUT2D eigenvalue weighted by atomic mass is 35.5. The van der Waals surface area contributed by atoms with Gasteiger partial charge in [-0.2, -0.15) is 0 Å². The molecule has 1 unspecified atom stereocenters. The fourth-order valence-corrected chi connectivity index (χ4v) is 4.79. The predicted octanol–water partition coefficient (Wildman–Crippen LogP) is 6.67. The quantitative estimate of drug-likeness (QED) is 0.229. The molecule has 1 aliphatic rings. The maximum atomic E-state index is 13.8. The summed E-state index contributed by atoms with van der Waals surface area (Å²) in [5, 5.41) is 0.789. The molecule has 2 aromatic heterocycles. The topological polar surface area (TPSA) is 82.1 Å². The summed E-state index contributed by atoms with van der Waals surface area (Å²) < 4.78 is 23.4. The number of hydrogen-bond donors (Lipinski definition) is 0. The molecule has 0 spiro atoms. The molecule has 0 saturated carbocycles. The number of furan rings is 1. The fraction of sp³-hybridized carbons (Fsp3) is 0.310. The van der Waals surface area contributed by atoms with E-state index in [-0.39, 0.29) is 29.2 Å². The zero-order chi connectivity index (χ0) is 26.1. The summed E-state index contributed by atoms with van der Waals surface area (Å²) in [5.41, 5.74) is 1.76. The van der Waals surface area contributed by atoms with Crippen LogP contribution in [0.1, 0.15) is 65.7 Å². The first kappa shape index (κ1) is 25.0. The van der Waals surface area contributed by atoms with Gasteiger partial charge in [-0.05, 0) is 67.8 Å². The number of halogens is 1. The van der Waals surface area contributed by atoms with Gasteiger partial charge in [-0.1, -0.05) is 31.0 Å². The molecular formula is C29H28ClNO6. The second-order valence-electron chi connectivity index (χ2n) is 9.03. The van der Waals surface area contributed by atoms with Crippen molar-refractivity contribution in [1.29, 1.82) is 0 Å². The van der Waals surface area contributed by atoms with Gasteiger partial charge in [-0.3, -0.25) is 9.59 Å². The van der Waals surface area contributed by atoms with Gasteiger partial charge < -0.3 is 23.2 Å². The van der Waals surface area contributed by atoms with Gasteiger partial charge in [0.2, 0.25) is 5.76 Å². The van der Waals surface area contributed by atoms with Crippen molar-refractivity contribution in [3.8, 4) is 11.5 Å². The molecular weight excluding hydrogens is 494 g/mol. The van der Waals surface area contributed by atoms with E-state index in [1.165, 1.54) is 0 Å². The maximum absolute atomic E-state index is 13.8.